The van der Waals surface area contributed by atoms with Gasteiger partial charge in [-0.05, 0) is 18.2 Å². The molecule has 0 unspecified atom stereocenters. The molecule has 1 saturated heterocycles. The number of morpholine rings is 1. The average Bonchev–Trinajstić information content (AvgIpc) is 3.44. The summed E-state index contributed by atoms with van der Waals surface area (Å²) < 4.78 is 26.0. The number of para-hydroxylation sites is 2. The summed E-state index contributed by atoms with van der Waals surface area (Å²) in [5, 5.41) is 2.84. The Bertz CT molecular complexity index is 1710. The molecule has 0 radical (unpaired) electrons. The van der Waals surface area contributed by atoms with E-state index in [0.29, 0.717) is 43.3 Å². The Morgan fingerprint density at radius 3 is 2.64 bits per heavy atom. The molecule has 1 amide bonds. The Labute approximate surface area is 204 Å². The molecule has 11 heteroatoms. The minimum Gasteiger partial charge on any atom is -0.378 e. The van der Waals surface area contributed by atoms with Gasteiger partial charge in [0.1, 0.15) is 11.2 Å². The number of pyridine rings is 2. The van der Waals surface area contributed by atoms with Crippen molar-refractivity contribution in [3.05, 3.63) is 70.2 Å². The fraction of sp³-hybridized carbons (Fsp3) is 0.280. The number of ether oxygens (including phenoxy) is 1. The molecular formula is C25H24FN7O3. The third-order valence-electron chi connectivity index (χ3n) is 6.58. The van der Waals surface area contributed by atoms with Crippen molar-refractivity contribution in [2.45, 2.75) is 6.54 Å². The molecule has 36 heavy (non-hydrogen) atoms. The van der Waals surface area contributed by atoms with Crippen LogP contribution >= 0.6 is 0 Å². The van der Waals surface area contributed by atoms with E-state index in [1.54, 1.807) is 33.1 Å². The van der Waals surface area contributed by atoms with E-state index in [-0.39, 0.29) is 23.3 Å². The summed E-state index contributed by atoms with van der Waals surface area (Å²) in [4.78, 5) is 37.8. The van der Waals surface area contributed by atoms with Crippen molar-refractivity contribution < 1.29 is 13.9 Å². The van der Waals surface area contributed by atoms with Gasteiger partial charge in [-0.25, -0.2) is 14.4 Å². The van der Waals surface area contributed by atoms with E-state index in [1.165, 1.54) is 6.07 Å². The zero-order chi connectivity index (χ0) is 25.0. The molecule has 10 nitrogen and oxygen atoms in total. The van der Waals surface area contributed by atoms with Gasteiger partial charge in [-0.15, -0.1) is 0 Å². The predicted octanol–water partition coefficient (Wildman–Crippen LogP) is 1.98. The van der Waals surface area contributed by atoms with Crippen LogP contribution in [-0.4, -0.2) is 55.7 Å². The van der Waals surface area contributed by atoms with Crippen molar-refractivity contribution in [1.82, 2.24) is 28.8 Å². The Morgan fingerprint density at radius 1 is 1.17 bits per heavy atom. The van der Waals surface area contributed by atoms with Gasteiger partial charge in [0.2, 0.25) is 5.43 Å². The molecule has 0 aliphatic carbocycles. The number of amides is 1. The fourth-order valence-corrected chi connectivity index (χ4v) is 4.87. The summed E-state index contributed by atoms with van der Waals surface area (Å²) in [5.74, 6) is -1.01. The number of aromatic nitrogens is 5. The summed E-state index contributed by atoms with van der Waals surface area (Å²) in [5.41, 5.74) is 2.26. The molecule has 0 saturated carbocycles. The smallest absolute Gasteiger partial charge is 0.259 e. The van der Waals surface area contributed by atoms with Gasteiger partial charge in [0.25, 0.3) is 5.91 Å². The zero-order valence-corrected chi connectivity index (χ0v) is 19.9. The number of fused-ring (bicyclic) bond motifs is 5. The van der Waals surface area contributed by atoms with E-state index >= 15 is 4.39 Å². The summed E-state index contributed by atoms with van der Waals surface area (Å²) in [7, 11) is 3.63. The normalized spacial score (nSPS) is 14.2. The second kappa shape index (κ2) is 8.45. The van der Waals surface area contributed by atoms with Crippen LogP contribution in [0.15, 0.2) is 47.7 Å². The Balaban J connectivity index is 1.61. The lowest BCUT2D eigenvalue weighted by molar-refractivity contribution is 0.0950. The number of anilines is 1. The molecule has 1 aromatic carbocycles. The van der Waals surface area contributed by atoms with Gasteiger partial charge in [-0.2, -0.15) is 0 Å². The van der Waals surface area contributed by atoms with Crippen molar-refractivity contribution in [2.24, 2.45) is 14.1 Å². The van der Waals surface area contributed by atoms with Crippen molar-refractivity contribution in [2.75, 3.05) is 31.2 Å². The predicted molar refractivity (Wildman–Crippen MR) is 133 cm³/mol. The maximum atomic E-state index is 15.3. The highest BCUT2D eigenvalue weighted by Gasteiger charge is 2.26. The largest absolute Gasteiger partial charge is 0.378 e. The Kier molecular flexibility index (Phi) is 5.22. The van der Waals surface area contributed by atoms with Gasteiger partial charge < -0.3 is 24.1 Å². The van der Waals surface area contributed by atoms with E-state index in [2.05, 4.69) is 15.3 Å². The molecular weight excluding hydrogens is 465 g/mol. The van der Waals surface area contributed by atoms with Gasteiger partial charge in [0.05, 0.1) is 48.2 Å². The quantitative estimate of drug-likeness (QED) is 0.415. The number of benzene rings is 1. The first-order valence-corrected chi connectivity index (χ1v) is 11.6. The summed E-state index contributed by atoms with van der Waals surface area (Å²) in [6.07, 6.45) is 3.42. The minimum atomic E-state index is -0.610. The van der Waals surface area contributed by atoms with Gasteiger partial charge in [0.15, 0.2) is 17.3 Å². The molecule has 1 fully saturated rings. The molecule has 1 aliphatic heterocycles. The maximum Gasteiger partial charge on any atom is 0.259 e. The van der Waals surface area contributed by atoms with Crippen LogP contribution in [0.4, 0.5) is 10.2 Å². The number of nitrogens with zero attached hydrogens (tertiary/aromatic N) is 6. The van der Waals surface area contributed by atoms with E-state index < -0.39 is 17.2 Å². The second-order valence-electron chi connectivity index (χ2n) is 8.89. The van der Waals surface area contributed by atoms with Crippen molar-refractivity contribution in [3.63, 3.8) is 0 Å². The van der Waals surface area contributed by atoms with E-state index in [0.717, 1.165) is 11.0 Å². The van der Waals surface area contributed by atoms with Crippen LogP contribution in [0.25, 0.3) is 27.7 Å². The van der Waals surface area contributed by atoms with E-state index in [4.69, 9.17) is 4.74 Å². The summed E-state index contributed by atoms with van der Waals surface area (Å²) in [6.45, 7) is 2.08. The number of hydrogen-bond donors (Lipinski definition) is 1. The van der Waals surface area contributed by atoms with E-state index in [9.17, 15) is 9.59 Å². The molecule has 5 heterocycles. The topological polar surface area (TPSA) is 98.7 Å². The van der Waals surface area contributed by atoms with Crippen molar-refractivity contribution >= 4 is 39.4 Å². The summed E-state index contributed by atoms with van der Waals surface area (Å²) >= 11 is 0. The minimum absolute atomic E-state index is 0.0429. The number of rotatable bonds is 4. The van der Waals surface area contributed by atoms with Crippen LogP contribution < -0.4 is 15.6 Å². The first-order chi connectivity index (χ1) is 17.4. The van der Waals surface area contributed by atoms with Gasteiger partial charge in [-0.3, -0.25) is 14.0 Å². The highest BCUT2D eigenvalue weighted by molar-refractivity contribution is 6.05. The van der Waals surface area contributed by atoms with Crippen LogP contribution in [0.2, 0.25) is 0 Å². The first kappa shape index (κ1) is 22.2. The number of carbonyl (C=O) groups is 1. The number of nitrogens with one attached hydrogen (secondary N) is 1. The fourth-order valence-electron chi connectivity index (χ4n) is 4.87. The molecule has 0 spiro atoms. The second-order valence-corrected chi connectivity index (χ2v) is 8.89. The number of carbonyl (C=O) groups excluding carboxylic acids is 1. The lowest BCUT2D eigenvalue weighted by Gasteiger charge is -2.28. The molecule has 0 bridgehead atoms. The van der Waals surface area contributed by atoms with Crippen LogP contribution in [0, 0.1) is 5.82 Å². The van der Waals surface area contributed by atoms with Crippen LogP contribution in [0.1, 0.15) is 16.1 Å². The highest BCUT2D eigenvalue weighted by atomic mass is 19.1. The molecule has 1 N–H and O–H groups in total. The summed E-state index contributed by atoms with van der Waals surface area (Å²) in [6, 6.07) is 8.75. The van der Waals surface area contributed by atoms with Crippen molar-refractivity contribution in [1.29, 1.82) is 0 Å². The van der Waals surface area contributed by atoms with Crippen molar-refractivity contribution in [3.8, 4) is 0 Å². The molecule has 0 atom stereocenters. The van der Waals surface area contributed by atoms with Crippen LogP contribution in [0.5, 0.6) is 0 Å². The SMILES string of the molecule is Cn1cnc(CNC(=O)c2c(=O)c3cc(F)c(N4CCOCC4)nc3n3c4ccccc4n(C)c23)c1. The Morgan fingerprint density at radius 2 is 1.92 bits per heavy atom. The molecule has 4 aromatic heterocycles. The number of imidazole rings is 2. The number of halogens is 1. The highest BCUT2D eigenvalue weighted by Crippen LogP contribution is 2.28. The molecule has 184 valence electrons. The lowest BCUT2D eigenvalue weighted by Crippen LogP contribution is -2.37. The van der Waals surface area contributed by atoms with Crippen LogP contribution in [-0.2, 0) is 25.4 Å². The third-order valence-corrected chi connectivity index (χ3v) is 6.58. The molecule has 6 rings (SSSR count). The first-order valence-electron chi connectivity index (χ1n) is 11.6. The standard InChI is InChI=1S/C25H24FN7O3/c1-30-13-15(28-14-30)12-27-24(35)20-21(34)16-11-17(26)23(32-7-9-36-10-8-32)29-22(16)33-19-6-4-3-5-18(19)31(2)25(20)33/h3-6,11,13-14H,7-10,12H2,1-2H3,(H,27,35). The van der Waals surface area contributed by atoms with E-state index in [1.807, 2.05) is 36.2 Å². The zero-order valence-electron chi connectivity index (χ0n) is 19.9. The lowest BCUT2D eigenvalue weighted by atomic mass is 10.1. The maximum absolute atomic E-state index is 15.3. The van der Waals surface area contributed by atoms with Gasteiger partial charge >= 0.3 is 0 Å². The Hall–Kier alpha value is -4.25. The number of hydrogen-bond acceptors (Lipinski definition) is 6. The number of aryl methyl sites for hydroxylation is 2. The van der Waals surface area contributed by atoms with Gasteiger partial charge in [0, 0.05) is 33.4 Å². The van der Waals surface area contributed by atoms with Gasteiger partial charge in [-0.1, -0.05) is 12.1 Å². The van der Waals surface area contributed by atoms with Crippen LogP contribution in [0.3, 0.4) is 0 Å². The average molecular weight is 490 g/mol. The monoisotopic (exact) mass is 489 g/mol. The molecule has 5 aromatic rings. The third kappa shape index (κ3) is 3.42. The molecule has 1 aliphatic rings.